The van der Waals surface area contributed by atoms with Crippen LogP contribution in [0.5, 0.6) is 11.5 Å². The van der Waals surface area contributed by atoms with Crippen molar-refractivity contribution in [3.63, 3.8) is 0 Å². The van der Waals surface area contributed by atoms with Gasteiger partial charge in [0.1, 0.15) is 13.2 Å². The van der Waals surface area contributed by atoms with Crippen LogP contribution in [0.3, 0.4) is 0 Å². The lowest BCUT2D eigenvalue weighted by Gasteiger charge is -2.20. The Labute approximate surface area is 155 Å². The van der Waals surface area contributed by atoms with E-state index < -0.39 is 33.9 Å². The molecule has 8 nitrogen and oxygen atoms in total. The quantitative estimate of drug-likeness (QED) is 0.746. The lowest BCUT2D eigenvalue weighted by Crippen LogP contribution is -2.42. The molecule has 0 saturated carbocycles. The molecule has 0 radical (unpaired) electrons. The van der Waals surface area contributed by atoms with Gasteiger partial charge in [0.2, 0.25) is 0 Å². The van der Waals surface area contributed by atoms with Crippen molar-refractivity contribution in [3.05, 3.63) is 22.7 Å². The molecule has 2 aliphatic rings. The third-order valence-corrected chi connectivity index (χ3v) is 6.11. The predicted molar refractivity (Wildman–Crippen MR) is 92.5 cm³/mol. The lowest BCUT2D eigenvalue weighted by molar-refractivity contribution is -0.129. The third kappa shape index (κ3) is 4.21. The molecule has 0 unspecified atom stereocenters. The lowest BCUT2D eigenvalue weighted by atomic mass is 10.2. The summed E-state index contributed by atoms with van der Waals surface area (Å²) in [5.41, 5.74) is 0.127. The molecule has 1 saturated heterocycles. The number of hydrogen-bond donors (Lipinski definition) is 1. The molecule has 142 valence electrons. The molecule has 0 bridgehead atoms. The zero-order valence-corrected chi connectivity index (χ0v) is 15.6. The molecule has 0 aliphatic carbocycles. The minimum absolute atomic E-state index is 0.0435. The van der Waals surface area contributed by atoms with Crippen LogP contribution in [0.4, 0.5) is 0 Å². The summed E-state index contributed by atoms with van der Waals surface area (Å²) in [6.45, 7) is 2.12. The van der Waals surface area contributed by atoms with Gasteiger partial charge in [-0.2, -0.15) is 0 Å². The Morgan fingerprint density at radius 2 is 2.04 bits per heavy atom. The van der Waals surface area contributed by atoms with Crippen molar-refractivity contribution >= 4 is 33.3 Å². The number of carbonyl (C=O) groups is 2. The Balaban J connectivity index is 1.62. The monoisotopic (exact) mass is 403 g/mol. The largest absolute Gasteiger partial charge is 0.486 e. The number of rotatable bonds is 4. The number of ether oxygens (including phenoxy) is 3. The number of amides is 1. The van der Waals surface area contributed by atoms with Crippen molar-refractivity contribution in [1.29, 1.82) is 0 Å². The van der Waals surface area contributed by atoms with Crippen molar-refractivity contribution in [2.45, 2.75) is 25.5 Å². The zero-order chi connectivity index (χ0) is 18.9. The van der Waals surface area contributed by atoms with Crippen LogP contribution in [0.1, 0.15) is 23.7 Å². The molecule has 1 aromatic rings. The second-order valence-corrected chi connectivity index (χ2v) is 8.77. The molecule has 2 heterocycles. The van der Waals surface area contributed by atoms with Crippen molar-refractivity contribution in [3.8, 4) is 11.5 Å². The number of nitrogens with one attached hydrogen (secondary N) is 1. The highest BCUT2D eigenvalue weighted by Crippen LogP contribution is 2.38. The van der Waals surface area contributed by atoms with Crippen LogP contribution in [0.25, 0.3) is 0 Å². The van der Waals surface area contributed by atoms with E-state index in [1.807, 2.05) is 0 Å². The molecule has 0 spiro atoms. The van der Waals surface area contributed by atoms with Crippen LogP contribution in [-0.4, -0.2) is 57.2 Å². The highest BCUT2D eigenvalue weighted by Gasteiger charge is 2.31. The number of esters is 1. The maximum absolute atomic E-state index is 12.3. The summed E-state index contributed by atoms with van der Waals surface area (Å²) in [6.07, 6.45) is -0.732. The highest BCUT2D eigenvalue weighted by atomic mass is 35.5. The molecular weight excluding hydrogens is 386 g/mol. The van der Waals surface area contributed by atoms with E-state index >= 15 is 0 Å². The van der Waals surface area contributed by atoms with Crippen LogP contribution in [0.15, 0.2) is 12.1 Å². The maximum atomic E-state index is 12.3. The van der Waals surface area contributed by atoms with E-state index in [-0.39, 0.29) is 22.1 Å². The van der Waals surface area contributed by atoms with Crippen molar-refractivity contribution < 1.29 is 32.2 Å². The third-order valence-electron chi connectivity index (χ3n) is 4.06. The first-order valence-corrected chi connectivity index (χ1v) is 10.3. The molecule has 1 aromatic carbocycles. The molecule has 1 amide bonds. The van der Waals surface area contributed by atoms with E-state index in [1.54, 1.807) is 0 Å². The predicted octanol–water partition coefficient (Wildman–Crippen LogP) is 0.960. The van der Waals surface area contributed by atoms with Crippen molar-refractivity contribution in [1.82, 2.24) is 5.32 Å². The number of hydrogen-bond acceptors (Lipinski definition) is 7. The van der Waals surface area contributed by atoms with Gasteiger partial charge in [0.25, 0.3) is 5.91 Å². The van der Waals surface area contributed by atoms with E-state index in [1.165, 1.54) is 19.1 Å². The SMILES string of the molecule is C[C@H](OC(=O)c1cc(Cl)c2c(c1)OCCO2)C(=O)N[C@@H]1CCS(=O)(=O)C1. The molecule has 1 N–H and O–H groups in total. The highest BCUT2D eigenvalue weighted by molar-refractivity contribution is 7.91. The van der Waals surface area contributed by atoms with Gasteiger partial charge in [-0.1, -0.05) is 11.6 Å². The van der Waals surface area contributed by atoms with E-state index in [0.29, 0.717) is 31.1 Å². The second kappa shape index (κ2) is 7.32. The molecule has 10 heteroatoms. The zero-order valence-electron chi connectivity index (χ0n) is 14.0. The number of fused-ring (bicyclic) bond motifs is 1. The van der Waals surface area contributed by atoms with Gasteiger partial charge in [0.15, 0.2) is 27.4 Å². The summed E-state index contributed by atoms with van der Waals surface area (Å²) in [7, 11) is -3.11. The van der Waals surface area contributed by atoms with Gasteiger partial charge in [-0.05, 0) is 25.5 Å². The van der Waals surface area contributed by atoms with Gasteiger partial charge in [-0.15, -0.1) is 0 Å². The Kier molecular flexibility index (Phi) is 5.29. The van der Waals surface area contributed by atoms with Gasteiger partial charge >= 0.3 is 5.97 Å². The average molecular weight is 404 g/mol. The maximum Gasteiger partial charge on any atom is 0.339 e. The fraction of sp³-hybridized carbons (Fsp3) is 0.500. The summed E-state index contributed by atoms with van der Waals surface area (Å²) in [5, 5.41) is 2.80. The molecule has 2 aliphatic heterocycles. The van der Waals surface area contributed by atoms with E-state index in [0.717, 1.165) is 0 Å². The van der Waals surface area contributed by atoms with Crippen LogP contribution in [0, 0.1) is 0 Å². The first-order valence-electron chi connectivity index (χ1n) is 8.06. The summed E-state index contributed by atoms with van der Waals surface area (Å²) in [5.74, 6) is -0.653. The van der Waals surface area contributed by atoms with Gasteiger partial charge in [0, 0.05) is 6.04 Å². The number of benzene rings is 1. The summed E-state index contributed by atoms with van der Waals surface area (Å²) in [4.78, 5) is 24.4. The second-order valence-electron chi connectivity index (χ2n) is 6.14. The summed E-state index contributed by atoms with van der Waals surface area (Å²) in [6, 6.07) is 2.36. The topological polar surface area (TPSA) is 108 Å². The minimum atomic E-state index is -3.11. The Hall–Kier alpha value is -2.00. The fourth-order valence-electron chi connectivity index (χ4n) is 2.74. The number of halogens is 1. The molecule has 26 heavy (non-hydrogen) atoms. The molecule has 1 fully saturated rings. The van der Waals surface area contributed by atoms with Crippen LogP contribution in [-0.2, 0) is 19.4 Å². The van der Waals surface area contributed by atoms with Crippen molar-refractivity contribution in [2.24, 2.45) is 0 Å². The minimum Gasteiger partial charge on any atom is -0.486 e. The Morgan fingerprint density at radius 1 is 1.31 bits per heavy atom. The Morgan fingerprint density at radius 3 is 2.73 bits per heavy atom. The van der Waals surface area contributed by atoms with E-state index in [4.69, 9.17) is 25.8 Å². The molecular formula is C16H18ClNO7S. The number of carbonyl (C=O) groups excluding carboxylic acids is 2. The van der Waals surface area contributed by atoms with E-state index in [9.17, 15) is 18.0 Å². The number of sulfone groups is 1. The Bertz CT molecular complexity index is 839. The van der Waals surface area contributed by atoms with Crippen LogP contribution >= 0.6 is 11.6 Å². The molecule has 0 aromatic heterocycles. The first-order chi connectivity index (χ1) is 12.2. The average Bonchev–Trinajstić information content (AvgIpc) is 2.93. The van der Waals surface area contributed by atoms with E-state index in [2.05, 4.69) is 5.32 Å². The van der Waals surface area contributed by atoms with Gasteiger partial charge in [-0.3, -0.25) is 4.79 Å². The standard InChI is InChI=1S/C16H18ClNO7S/c1-9(15(19)18-11-2-5-26(21,22)8-11)25-16(20)10-6-12(17)14-13(7-10)23-3-4-24-14/h6-7,9,11H,2-5,8H2,1H3,(H,18,19)/t9-,11+/m0/s1. The van der Waals surface area contributed by atoms with Gasteiger partial charge < -0.3 is 19.5 Å². The van der Waals surface area contributed by atoms with Crippen LogP contribution < -0.4 is 14.8 Å². The van der Waals surface area contributed by atoms with Crippen molar-refractivity contribution in [2.75, 3.05) is 24.7 Å². The first kappa shape index (κ1) is 18.8. The van der Waals surface area contributed by atoms with Crippen LogP contribution in [0.2, 0.25) is 5.02 Å². The fourth-order valence-corrected chi connectivity index (χ4v) is 4.68. The normalized spacial score (nSPS) is 21.7. The smallest absolute Gasteiger partial charge is 0.339 e. The summed E-state index contributed by atoms with van der Waals surface area (Å²) < 4.78 is 38.8. The van der Waals surface area contributed by atoms with Gasteiger partial charge in [-0.25, -0.2) is 13.2 Å². The van der Waals surface area contributed by atoms with Gasteiger partial charge in [0.05, 0.1) is 22.1 Å². The summed E-state index contributed by atoms with van der Waals surface area (Å²) >= 11 is 6.08. The molecule has 2 atom stereocenters. The molecule has 3 rings (SSSR count).